The molecule has 0 heterocycles. The summed E-state index contributed by atoms with van der Waals surface area (Å²) in [4.78, 5) is 21.2. The maximum Gasteiger partial charge on any atom is 0.280 e. The van der Waals surface area contributed by atoms with Gasteiger partial charge < -0.3 is 0 Å². The molecule has 0 fully saturated rings. The Kier molecular flexibility index (Phi) is 4.03. The molecule has 0 saturated heterocycles. The third-order valence-corrected chi connectivity index (χ3v) is 2.95. The number of hydrogen-bond acceptors (Lipinski definition) is 3. The van der Waals surface area contributed by atoms with Gasteiger partial charge in [0.25, 0.3) is 5.69 Å². The highest BCUT2D eigenvalue weighted by Crippen LogP contribution is 2.21. The van der Waals surface area contributed by atoms with Crippen LogP contribution in [0.15, 0.2) is 48.5 Å². The number of hydrogen-bond donors (Lipinski definition) is 0. The van der Waals surface area contributed by atoms with E-state index >= 15 is 0 Å². The molecule has 4 heteroatoms. The van der Waals surface area contributed by atoms with E-state index in [2.05, 4.69) is 0 Å². The van der Waals surface area contributed by atoms with E-state index in [1.165, 1.54) is 6.07 Å². The van der Waals surface area contributed by atoms with Gasteiger partial charge in [-0.05, 0) is 24.0 Å². The van der Waals surface area contributed by atoms with Crippen LogP contribution in [0.2, 0.25) is 0 Å². The average Bonchev–Trinajstić information content (AvgIpc) is 2.45. The Morgan fingerprint density at radius 1 is 1.00 bits per heavy atom. The first-order valence-corrected chi connectivity index (χ1v) is 5.90. The van der Waals surface area contributed by atoms with E-state index < -0.39 is 4.92 Å². The van der Waals surface area contributed by atoms with E-state index in [1.807, 2.05) is 30.3 Å². The Labute approximate surface area is 110 Å². The molecule has 0 aliphatic rings. The molecule has 0 atom stereocenters. The summed E-state index contributed by atoms with van der Waals surface area (Å²) >= 11 is 0. The van der Waals surface area contributed by atoms with Crippen LogP contribution in [0.3, 0.4) is 0 Å². The molecule has 0 aliphatic heterocycles. The highest BCUT2D eigenvalue weighted by molar-refractivity contribution is 5.84. The maximum atomic E-state index is 10.9. The van der Waals surface area contributed by atoms with Gasteiger partial charge in [0.05, 0.1) is 4.92 Å². The second-order valence-corrected chi connectivity index (χ2v) is 4.16. The zero-order valence-electron chi connectivity index (χ0n) is 10.2. The number of aryl methyl sites for hydroxylation is 2. The molecule has 0 unspecified atom stereocenters. The molecule has 95 valence electrons. The largest absolute Gasteiger partial charge is 0.285 e. The first-order valence-electron chi connectivity index (χ1n) is 5.90. The molecule has 2 aromatic rings. The van der Waals surface area contributed by atoms with Gasteiger partial charge in [-0.3, -0.25) is 14.9 Å². The van der Waals surface area contributed by atoms with Crippen LogP contribution in [-0.2, 0) is 17.6 Å². The van der Waals surface area contributed by atoms with Crippen molar-refractivity contribution in [3.8, 4) is 0 Å². The third kappa shape index (κ3) is 3.04. The van der Waals surface area contributed by atoms with E-state index in [0.29, 0.717) is 12.0 Å². The SMILES string of the molecule is O=[C]c1c(CCc2ccccc2)cccc1[N+](=O)[O-]. The predicted molar refractivity (Wildman–Crippen MR) is 71.7 cm³/mol. The molecule has 0 aliphatic carbocycles. The lowest BCUT2D eigenvalue weighted by Gasteiger charge is -2.05. The minimum absolute atomic E-state index is 0.0587. The van der Waals surface area contributed by atoms with Gasteiger partial charge in [0.2, 0.25) is 6.29 Å². The van der Waals surface area contributed by atoms with Crippen molar-refractivity contribution in [2.75, 3.05) is 0 Å². The zero-order valence-corrected chi connectivity index (χ0v) is 10.2. The van der Waals surface area contributed by atoms with Crippen LogP contribution in [0.5, 0.6) is 0 Å². The molecule has 0 bridgehead atoms. The van der Waals surface area contributed by atoms with Gasteiger partial charge in [0, 0.05) is 6.07 Å². The fraction of sp³-hybridized carbons (Fsp3) is 0.133. The summed E-state index contributed by atoms with van der Waals surface area (Å²) in [5.74, 6) is 0. The van der Waals surface area contributed by atoms with Crippen molar-refractivity contribution in [2.24, 2.45) is 0 Å². The lowest BCUT2D eigenvalue weighted by atomic mass is 9.99. The van der Waals surface area contributed by atoms with Gasteiger partial charge in [0.15, 0.2) is 0 Å². The monoisotopic (exact) mass is 254 g/mol. The Morgan fingerprint density at radius 3 is 2.37 bits per heavy atom. The van der Waals surface area contributed by atoms with E-state index in [0.717, 1.165) is 12.0 Å². The first kappa shape index (κ1) is 13.0. The fourth-order valence-electron chi connectivity index (χ4n) is 1.99. The molecule has 2 aromatic carbocycles. The summed E-state index contributed by atoms with van der Waals surface area (Å²) in [5, 5.41) is 10.8. The molecule has 0 saturated carbocycles. The number of rotatable bonds is 5. The van der Waals surface area contributed by atoms with Crippen LogP contribution in [-0.4, -0.2) is 11.2 Å². The summed E-state index contributed by atoms with van der Waals surface area (Å²) in [6, 6.07) is 14.4. The minimum atomic E-state index is -0.549. The molecule has 19 heavy (non-hydrogen) atoms. The number of nitro benzene ring substituents is 1. The topological polar surface area (TPSA) is 60.2 Å². The van der Waals surface area contributed by atoms with Crippen LogP contribution in [0.1, 0.15) is 16.7 Å². The van der Waals surface area contributed by atoms with Gasteiger partial charge in [-0.15, -0.1) is 0 Å². The molecular weight excluding hydrogens is 242 g/mol. The highest BCUT2D eigenvalue weighted by atomic mass is 16.6. The van der Waals surface area contributed by atoms with Gasteiger partial charge in [0.1, 0.15) is 5.56 Å². The van der Waals surface area contributed by atoms with E-state index in [9.17, 15) is 14.9 Å². The van der Waals surface area contributed by atoms with Crippen LogP contribution in [0.4, 0.5) is 5.69 Å². The number of nitrogens with zero attached hydrogens (tertiary/aromatic N) is 1. The van der Waals surface area contributed by atoms with E-state index in [4.69, 9.17) is 0 Å². The molecule has 0 aromatic heterocycles. The predicted octanol–water partition coefficient (Wildman–Crippen LogP) is 2.84. The molecule has 0 N–H and O–H groups in total. The van der Waals surface area contributed by atoms with Crippen molar-refractivity contribution in [2.45, 2.75) is 12.8 Å². The lowest BCUT2D eigenvalue weighted by molar-refractivity contribution is -0.385. The van der Waals surface area contributed by atoms with Gasteiger partial charge in [-0.25, -0.2) is 0 Å². The quantitative estimate of drug-likeness (QED) is 0.609. The van der Waals surface area contributed by atoms with Crippen LogP contribution < -0.4 is 0 Å². The highest BCUT2D eigenvalue weighted by Gasteiger charge is 2.17. The van der Waals surface area contributed by atoms with Crippen molar-refractivity contribution in [3.63, 3.8) is 0 Å². The standard InChI is InChI=1S/C15H12NO3/c17-11-14-13(7-4-8-15(14)16(18)19)10-9-12-5-2-1-3-6-12/h1-8H,9-10H2. The van der Waals surface area contributed by atoms with Crippen molar-refractivity contribution in [1.29, 1.82) is 0 Å². The smallest absolute Gasteiger partial charge is 0.280 e. The number of benzene rings is 2. The van der Waals surface area contributed by atoms with E-state index in [-0.39, 0.29) is 11.3 Å². The van der Waals surface area contributed by atoms with Crippen molar-refractivity contribution in [3.05, 3.63) is 75.3 Å². The summed E-state index contributed by atoms with van der Waals surface area (Å²) in [6.07, 6.45) is 3.00. The Hall–Kier alpha value is -2.49. The summed E-state index contributed by atoms with van der Waals surface area (Å²) in [5.41, 5.74) is 1.67. The maximum absolute atomic E-state index is 10.9. The fourth-order valence-corrected chi connectivity index (χ4v) is 1.99. The van der Waals surface area contributed by atoms with E-state index in [1.54, 1.807) is 18.4 Å². The van der Waals surface area contributed by atoms with Crippen LogP contribution in [0, 0.1) is 10.1 Å². The second kappa shape index (κ2) is 5.91. The Bertz CT molecular complexity index is 594. The summed E-state index contributed by atoms with van der Waals surface area (Å²) in [7, 11) is 0. The van der Waals surface area contributed by atoms with Crippen LogP contribution >= 0.6 is 0 Å². The molecule has 1 radical (unpaired) electrons. The van der Waals surface area contributed by atoms with Crippen molar-refractivity contribution >= 4 is 12.0 Å². The van der Waals surface area contributed by atoms with Gasteiger partial charge >= 0.3 is 0 Å². The van der Waals surface area contributed by atoms with Gasteiger partial charge in [-0.2, -0.15) is 0 Å². The molecule has 4 nitrogen and oxygen atoms in total. The molecular formula is C15H12NO3. The van der Waals surface area contributed by atoms with Crippen LogP contribution in [0.25, 0.3) is 0 Å². The first-order chi connectivity index (χ1) is 9.22. The molecule has 0 spiro atoms. The van der Waals surface area contributed by atoms with Crippen molar-refractivity contribution in [1.82, 2.24) is 0 Å². The molecule has 2 rings (SSSR count). The van der Waals surface area contributed by atoms with Crippen molar-refractivity contribution < 1.29 is 9.72 Å². The molecule has 0 amide bonds. The summed E-state index contributed by atoms with van der Waals surface area (Å²) < 4.78 is 0. The normalized spacial score (nSPS) is 10.1. The average molecular weight is 254 g/mol. The number of nitro groups is 1. The zero-order chi connectivity index (χ0) is 13.7. The summed E-state index contributed by atoms with van der Waals surface area (Å²) in [6.45, 7) is 0. The number of carbonyl (C=O) groups excluding carboxylic acids is 1. The Balaban J connectivity index is 2.23. The Morgan fingerprint density at radius 2 is 1.74 bits per heavy atom. The second-order valence-electron chi connectivity index (χ2n) is 4.16. The lowest BCUT2D eigenvalue weighted by Crippen LogP contribution is -2.01. The third-order valence-electron chi connectivity index (χ3n) is 2.95. The minimum Gasteiger partial charge on any atom is -0.285 e. The van der Waals surface area contributed by atoms with Gasteiger partial charge in [-0.1, -0.05) is 42.5 Å².